The molecule has 2 aromatic carbocycles. The molecule has 0 fully saturated rings. The van der Waals surface area contributed by atoms with Gasteiger partial charge in [-0.15, -0.1) is 0 Å². The van der Waals surface area contributed by atoms with Crippen molar-refractivity contribution >= 4 is 45.1 Å². The highest BCUT2D eigenvalue weighted by atomic mass is 32.2. The summed E-state index contributed by atoms with van der Waals surface area (Å²) in [6, 6.07) is 9.61. The second-order valence-electron chi connectivity index (χ2n) is 12.8. The van der Waals surface area contributed by atoms with Crippen molar-refractivity contribution in [3.8, 4) is 0 Å². The van der Waals surface area contributed by atoms with Crippen molar-refractivity contribution in [2.24, 2.45) is 0 Å². The van der Waals surface area contributed by atoms with Gasteiger partial charge in [0.1, 0.15) is 4.70 Å². The molecule has 0 spiro atoms. The Balaban J connectivity index is 1.50. The molecule has 0 N–H and O–H groups in total. The third kappa shape index (κ3) is 9.47. The average molecular weight is 618 g/mol. The summed E-state index contributed by atoms with van der Waals surface area (Å²) in [6.45, 7) is 15.8. The van der Waals surface area contributed by atoms with Gasteiger partial charge in [-0.2, -0.15) is 4.57 Å². The number of hydrogen-bond donors (Lipinski definition) is 0. The molecular weight excluding hydrogens is 561 g/mol. The predicted molar refractivity (Wildman–Crippen MR) is 194 cm³/mol. The summed E-state index contributed by atoms with van der Waals surface area (Å²) in [5, 5.41) is 2.74. The first-order valence-electron chi connectivity index (χ1n) is 17.3. The van der Waals surface area contributed by atoms with E-state index in [2.05, 4.69) is 93.5 Å². The highest BCUT2D eigenvalue weighted by Crippen LogP contribution is 2.47. The molecule has 0 aliphatic carbocycles. The van der Waals surface area contributed by atoms with E-state index in [0.29, 0.717) is 0 Å². The number of aromatic nitrogens is 1. The van der Waals surface area contributed by atoms with E-state index >= 15 is 0 Å². The molecule has 234 valence electrons. The van der Waals surface area contributed by atoms with E-state index in [1.165, 1.54) is 143 Å². The molecule has 0 bridgehead atoms. The smallest absolute Gasteiger partial charge is 0.262 e. The normalized spacial score (nSPS) is 14.2. The van der Waals surface area contributed by atoms with Gasteiger partial charge in [-0.1, -0.05) is 114 Å². The molecule has 2 heterocycles. The number of nitrogens with zero attached hydrogens (tertiary/aromatic N) is 2. The van der Waals surface area contributed by atoms with Crippen LogP contribution < -0.4 is 9.47 Å². The van der Waals surface area contributed by atoms with E-state index in [1.807, 2.05) is 23.1 Å². The van der Waals surface area contributed by atoms with Crippen molar-refractivity contribution in [3.05, 3.63) is 68.7 Å². The van der Waals surface area contributed by atoms with Gasteiger partial charge in [0.2, 0.25) is 5.52 Å². The van der Waals surface area contributed by atoms with Gasteiger partial charge in [-0.05, 0) is 87.1 Å². The topological polar surface area (TPSA) is 7.12 Å². The molecule has 1 aliphatic rings. The van der Waals surface area contributed by atoms with E-state index in [9.17, 15) is 0 Å². The van der Waals surface area contributed by atoms with E-state index in [4.69, 9.17) is 0 Å². The molecule has 1 aliphatic heterocycles. The van der Waals surface area contributed by atoms with Crippen LogP contribution in [0.3, 0.4) is 0 Å². The Labute approximate surface area is 271 Å². The minimum Gasteiger partial charge on any atom is -0.335 e. The lowest BCUT2D eigenvalue weighted by molar-refractivity contribution is -0.669. The summed E-state index contributed by atoms with van der Waals surface area (Å²) < 4.78 is 4.00. The van der Waals surface area contributed by atoms with Crippen LogP contribution in [-0.2, 0) is 6.54 Å². The number of allylic oxidation sites excluding steroid dienone is 2. The monoisotopic (exact) mass is 617 g/mol. The van der Waals surface area contributed by atoms with Gasteiger partial charge in [0.25, 0.3) is 5.01 Å². The predicted octanol–water partition coefficient (Wildman–Crippen LogP) is 12.4. The molecule has 0 amide bonds. The van der Waals surface area contributed by atoms with Crippen molar-refractivity contribution in [1.29, 1.82) is 0 Å². The van der Waals surface area contributed by atoms with Crippen LogP contribution in [0.25, 0.3) is 16.3 Å². The number of thiazole rings is 1. The third-order valence-corrected chi connectivity index (χ3v) is 11.4. The van der Waals surface area contributed by atoms with Gasteiger partial charge >= 0.3 is 0 Å². The molecule has 3 aromatic rings. The number of hydrogen-bond acceptors (Lipinski definition) is 3. The number of anilines is 1. The Kier molecular flexibility index (Phi) is 13.7. The van der Waals surface area contributed by atoms with Gasteiger partial charge in [-0.25, -0.2) is 0 Å². The zero-order valence-electron chi connectivity index (χ0n) is 28.1. The first-order chi connectivity index (χ1) is 20.9. The maximum atomic E-state index is 2.59. The fourth-order valence-corrected chi connectivity index (χ4v) is 8.45. The number of benzene rings is 2. The molecule has 43 heavy (non-hydrogen) atoms. The van der Waals surface area contributed by atoms with Crippen molar-refractivity contribution < 1.29 is 4.57 Å². The summed E-state index contributed by atoms with van der Waals surface area (Å²) in [7, 11) is 0. The van der Waals surface area contributed by atoms with E-state index in [0.717, 1.165) is 13.1 Å². The fraction of sp³-hybridized carbons (Fsp3) is 0.564. The molecule has 0 saturated carbocycles. The second-order valence-corrected chi connectivity index (χ2v) is 14.9. The Hall–Kier alpha value is -2.04. The zero-order chi connectivity index (χ0) is 30.6. The first kappa shape index (κ1) is 33.8. The van der Waals surface area contributed by atoms with Crippen LogP contribution in [0.2, 0.25) is 0 Å². The van der Waals surface area contributed by atoms with Crippen LogP contribution in [0.4, 0.5) is 5.69 Å². The quantitative estimate of drug-likeness (QED) is 0.104. The molecule has 4 heteroatoms. The number of rotatable bonds is 18. The maximum absolute atomic E-state index is 2.59. The van der Waals surface area contributed by atoms with Crippen LogP contribution in [-0.4, -0.2) is 6.54 Å². The molecular formula is C39H57N2S2+. The lowest BCUT2D eigenvalue weighted by atomic mass is 10.1. The van der Waals surface area contributed by atoms with Crippen LogP contribution in [0.1, 0.15) is 131 Å². The number of fused-ring (bicyclic) bond motifs is 2. The SMILES string of the molecule is CCCCCCCCCN1/C(=C\C=C\c2sc3cc(C)c(C)cc3[n+]2CCCCCCCCC)Sc2cc(C)c(C)cc21. The summed E-state index contributed by atoms with van der Waals surface area (Å²) in [6.07, 6.45) is 25.9. The Bertz CT molecular complexity index is 1380. The third-order valence-electron chi connectivity index (χ3n) is 9.14. The van der Waals surface area contributed by atoms with Crippen LogP contribution in [0, 0.1) is 27.7 Å². The van der Waals surface area contributed by atoms with Crippen LogP contribution >= 0.6 is 23.1 Å². The van der Waals surface area contributed by atoms with Gasteiger partial charge < -0.3 is 4.90 Å². The molecule has 0 unspecified atom stereocenters. The fourth-order valence-electron chi connectivity index (χ4n) is 6.08. The number of unbranched alkanes of at least 4 members (excludes halogenated alkanes) is 12. The van der Waals surface area contributed by atoms with E-state index in [1.54, 1.807) is 0 Å². The van der Waals surface area contributed by atoms with Crippen molar-refractivity contribution in [1.82, 2.24) is 0 Å². The summed E-state index contributed by atoms with van der Waals surface area (Å²) in [5.41, 5.74) is 8.37. The van der Waals surface area contributed by atoms with Crippen molar-refractivity contribution in [2.45, 2.75) is 143 Å². The van der Waals surface area contributed by atoms with Crippen LogP contribution in [0.5, 0.6) is 0 Å². The van der Waals surface area contributed by atoms with E-state index in [-0.39, 0.29) is 0 Å². The minimum absolute atomic E-state index is 1.11. The largest absolute Gasteiger partial charge is 0.335 e. The first-order valence-corrected chi connectivity index (χ1v) is 18.9. The molecule has 4 rings (SSSR count). The summed E-state index contributed by atoms with van der Waals surface area (Å²) in [5.74, 6) is 0. The van der Waals surface area contributed by atoms with Gasteiger partial charge in [0.15, 0.2) is 6.54 Å². The number of thioether (sulfide) groups is 1. The molecule has 1 aromatic heterocycles. The highest BCUT2D eigenvalue weighted by Gasteiger charge is 2.25. The van der Waals surface area contributed by atoms with Gasteiger partial charge in [0.05, 0.1) is 10.7 Å². The lowest BCUT2D eigenvalue weighted by Crippen LogP contribution is -2.35. The average Bonchev–Trinajstić information content (AvgIpc) is 3.48. The lowest BCUT2D eigenvalue weighted by Gasteiger charge is -2.21. The Morgan fingerprint density at radius 2 is 1.26 bits per heavy atom. The Morgan fingerprint density at radius 1 is 0.674 bits per heavy atom. The summed E-state index contributed by atoms with van der Waals surface area (Å²) in [4.78, 5) is 4.00. The second kappa shape index (κ2) is 17.4. The van der Waals surface area contributed by atoms with Crippen molar-refractivity contribution in [3.63, 3.8) is 0 Å². The summed E-state index contributed by atoms with van der Waals surface area (Å²) >= 11 is 3.90. The van der Waals surface area contributed by atoms with E-state index < -0.39 is 0 Å². The molecule has 0 saturated heterocycles. The number of aryl methyl sites for hydroxylation is 5. The van der Waals surface area contributed by atoms with Crippen LogP contribution in [0.15, 0.2) is 46.3 Å². The van der Waals surface area contributed by atoms with Gasteiger partial charge in [0, 0.05) is 30.0 Å². The molecule has 2 nitrogen and oxygen atoms in total. The minimum atomic E-state index is 1.11. The van der Waals surface area contributed by atoms with Gasteiger partial charge in [-0.3, -0.25) is 0 Å². The molecule has 0 atom stereocenters. The Morgan fingerprint density at radius 3 is 1.95 bits per heavy atom. The van der Waals surface area contributed by atoms with Crippen molar-refractivity contribution in [2.75, 3.05) is 11.4 Å². The maximum Gasteiger partial charge on any atom is 0.262 e. The highest BCUT2D eigenvalue weighted by molar-refractivity contribution is 8.03. The molecule has 0 radical (unpaired) electrons. The zero-order valence-corrected chi connectivity index (χ0v) is 29.7. The standard InChI is InChI=1S/C39H57N2S2/c1-7-9-11-13-15-17-19-24-40-34-26-30(3)32(5)28-36(34)42-38(40)22-21-23-39-41(25-20-18-16-14-12-10-8-2)35-27-31(4)33(6)29-37(35)43-39/h21-23,26-29H,7-20,24-25H2,1-6H3/q+1.